The number of rotatable bonds is 5. The van der Waals surface area contributed by atoms with Crippen LogP contribution < -0.4 is 10.6 Å². The van der Waals surface area contributed by atoms with E-state index in [9.17, 15) is 9.59 Å². The molecule has 0 aromatic heterocycles. The summed E-state index contributed by atoms with van der Waals surface area (Å²) < 4.78 is 5.11. The molecular formula is C18H22ClN3O3. The number of esters is 1. The molecule has 7 heteroatoms. The summed E-state index contributed by atoms with van der Waals surface area (Å²) in [5, 5.41) is 6.15. The Labute approximate surface area is 152 Å². The largest absolute Gasteiger partial charge is 0.463 e. The minimum absolute atomic E-state index is 0.177. The van der Waals surface area contributed by atoms with Crippen molar-refractivity contribution in [3.63, 3.8) is 0 Å². The van der Waals surface area contributed by atoms with E-state index in [2.05, 4.69) is 15.5 Å². The van der Waals surface area contributed by atoms with Crippen LogP contribution in [0.4, 0.5) is 4.79 Å². The Balaban J connectivity index is 1.84. The first-order valence-electron chi connectivity index (χ1n) is 8.52. The van der Waals surface area contributed by atoms with E-state index in [0.717, 1.165) is 30.0 Å². The summed E-state index contributed by atoms with van der Waals surface area (Å²) in [6, 6.07) is 7.70. The van der Waals surface area contributed by atoms with Gasteiger partial charge in [0.25, 0.3) is 0 Å². The Morgan fingerprint density at radius 3 is 2.96 bits per heavy atom. The first-order chi connectivity index (χ1) is 12.1. The fraction of sp³-hybridized carbons (Fsp3) is 0.444. The third-order valence-electron chi connectivity index (χ3n) is 4.57. The van der Waals surface area contributed by atoms with E-state index >= 15 is 0 Å². The van der Waals surface area contributed by atoms with Crippen molar-refractivity contribution in [3.8, 4) is 0 Å². The second-order valence-electron chi connectivity index (χ2n) is 6.14. The number of amides is 2. The predicted octanol–water partition coefficient (Wildman–Crippen LogP) is 2.61. The van der Waals surface area contributed by atoms with Crippen LogP contribution in [0.3, 0.4) is 0 Å². The number of nitrogens with one attached hydrogen (secondary N) is 2. The van der Waals surface area contributed by atoms with E-state index in [1.54, 1.807) is 6.92 Å². The first kappa shape index (κ1) is 17.8. The molecule has 1 aromatic rings. The molecule has 2 aliphatic rings. The molecule has 3 rings (SSSR count). The topological polar surface area (TPSA) is 70.7 Å². The summed E-state index contributed by atoms with van der Waals surface area (Å²) in [7, 11) is 0. The molecule has 0 radical (unpaired) electrons. The minimum Gasteiger partial charge on any atom is -0.463 e. The Morgan fingerprint density at radius 1 is 1.40 bits per heavy atom. The quantitative estimate of drug-likeness (QED) is 0.789. The number of urea groups is 1. The number of hydrogen-bond acceptors (Lipinski definition) is 4. The van der Waals surface area contributed by atoms with Gasteiger partial charge in [-0.05, 0) is 37.9 Å². The predicted molar refractivity (Wildman–Crippen MR) is 95.2 cm³/mol. The molecule has 25 heavy (non-hydrogen) atoms. The van der Waals surface area contributed by atoms with Crippen LogP contribution in [0.2, 0.25) is 5.02 Å². The average molecular weight is 364 g/mol. The molecule has 2 heterocycles. The van der Waals surface area contributed by atoms with E-state index < -0.39 is 5.97 Å². The molecule has 0 unspecified atom stereocenters. The number of likely N-dealkylation sites (tertiary alicyclic amines) is 1. The van der Waals surface area contributed by atoms with Gasteiger partial charge in [-0.25, -0.2) is 9.59 Å². The number of benzene rings is 1. The van der Waals surface area contributed by atoms with Gasteiger partial charge < -0.3 is 15.4 Å². The van der Waals surface area contributed by atoms with Crippen molar-refractivity contribution >= 4 is 23.6 Å². The van der Waals surface area contributed by atoms with Gasteiger partial charge in [0.15, 0.2) is 0 Å². The fourth-order valence-corrected chi connectivity index (χ4v) is 3.66. The normalized spacial score (nSPS) is 21.0. The number of hydrogen-bond donors (Lipinski definition) is 2. The minimum atomic E-state index is -0.390. The molecule has 1 aromatic carbocycles. The summed E-state index contributed by atoms with van der Waals surface area (Å²) in [5.41, 5.74) is 2.17. The van der Waals surface area contributed by atoms with Crippen molar-refractivity contribution in [1.29, 1.82) is 0 Å². The lowest BCUT2D eigenvalue weighted by molar-refractivity contribution is -0.138. The highest BCUT2D eigenvalue weighted by Crippen LogP contribution is 2.36. The lowest BCUT2D eigenvalue weighted by Crippen LogP contribution is -2.46. The van der Waals surface area contributed by atoms with Crippen LogP contribution in [0.1, 0.15) is 31.4 Å². The number of halogens is 1. The Bertz CT molecular complexity index is 705. The van der Waals surface area contributed by atoms with Crippen molar-refractivity contribution < 1.29 is 14.3 Å². The maximum atomic E-state index is 12.2. The van der Waals surface area contributed by atoms with Gasteiger partial charge in [-0.2, -0.15) is 0 Å². The molecule has 1 fully saturated rings. The monoisotopic (exact) mass is 363 g/mol. The molecule has 2 amide bonds. The third-order valence-corrected chi connectivity index (χ3v) is 4.91. The lowest BCUT2D eigenvalue weighted by atomic mass is 10.0. The van der Waals surface area contributed by atoms with Crippen molar-refractivity contribution in [2.45, 2.75) is 25.8 Å². The summed E-state index contributed by atoms with van der Waals surface area (Å²) in [6.45, 7) is 3.62. The van der Waals surface area contributed by atoms with Crippen LogP contribution >= 0.6 is 11.6 Å². The zero-order valence-electron chi connectivity index (χ0n) is 14.2. The van der Waals surface area contributed by atoms with Gasteiger partial charge in [0.1, 0.15) is 0 Å². The van der Waals surface area contributed by atoms with Gasteiger partial charge in [0, 0.05) is 23.3 Å². The zero-order chi connectivity index (χ0) is 17.8. The number of ether oxygens (including phenoxy) is 1. The van der Waals surface area contributed by atoms with Gasteiger partial charge >= 0.3 is 12.0 Å². The molecule has 6 nitrogen and oxygen atoms in total. The molecule has 2 aliphatic heterocycles. The van der Waals surface area contributed by atoms with E-state index in [0.29, 0.717) is 24.4 Å². The highest BCUT2D eigenvalue weighted by Gasteiger charge is 2.31. The smallest absolute Gasteiger partial charge is 0.337 e. The molecule has 1 saturated heterocycles. The van der Waals surface area contributed by atoms with Crippen LogP contribution in [0.5, 0.6) is 0 Å². The molecule has 0 saturated carbocycles. The maximum Gasteiger partial charge on any atom is 0.337 e. The summed E-state index contributed by atoms with van der Waals surface area (Å²) in [6.07, 6.45) is 2.04. The van der Waals surface area contributed by atoms with E-state index in [4.69, 9.17) is 16.3 Å². The van der Waals surface area contributed by atoms with Crippen molar-refractivity contribution in [3.05, 3.63) is 46.1 Å². The second-order valence-corrected chi connectivity index (χ2v) is 6.54. The third kappa shape index (κ3) is 3.96. The highest BCUT2D eigenvalue weighted by atomic mass is 35.5. The Kier molecular flexibility index (Phi) is 5.60. The summed E-state index contributed by atoms with van der Waals surface area (Å²) in [4.78, 5) is 26.2. The van der Waals surface area contributed by atoms with E-state index in [1.807, 2.05) is 24.3 Å². The molecule has 0 spiro atoms. The molecule has 134 valence electrons. The van der Waals surface area contributed by atoms with Gasteiger partial charge in [-0.15, -0.1) is 0 Å². The summed E-state index contributed by atoms with van der Waals surface area (Å²) >= 11 is 6.36. The van der Waals surface area contributed by atoms with Gasteiger partial charge in [0.2, 0.25) is 0 Å². The maximum absolute atomic E-state index is 12.2. The number of carbonyl (C=O) groups is 2. The number of carbonyl (C=O) groups excluding carboxylic acids is 2. The Hall–Kier alpha value is -2.05. The second kappa shape index (κ2) is 7.89. The summed E-state index contributed by atoms with van der Waals surface area (Å²) in [5.74, 6) is -0.390. The first-order valence-corrected chi connectivity index (χ1v) is 8.90. The van der Waals surface area contributed by atoms with Crippen LogP contribution in [0.25, 0.3) is 0 Å². The van der Waals surface area contributed by atoms with Crippen LogP contribution in [0, 0.1) is 0 Å². The Morgan fingerprint density at radius 2 is 2.20 bits per heavy atom. The van der Waals surface area contributed by atoms with E-state index in [1.165, 1.54) is 0 Å². The van der Waals surface area contributed by atoms with Crippen LogP contribution in [0.15, 0.2) is 35.5 Å². The fourth-order valence-electron chi connectivity index (χ4n) is 3.40. The zero-order valence-corrected chi connectivity index (χ0v) is 14.9. The lowest BCUT2D eigenvalue weighted by Gasteiger charge is -2.29. The number of nitrogens with zero attached hydrogens (tertiary/aromatic N) is 1. The van der Waals surface area contributed by atoms with Crippen LogP contribution in [-0.4, -0.2) is 43.1 Å². The van der Waals surface area contributed by atoms with Crippen molar-refractivity contribution in [2.75, 3.05) is 26.2 Å². The van der Waals surface area contributed by atoms with Crippen molar-refractivity contribution in [1.82, 2.24) is 15.5 Å². The molecule has 0 bridgehead atoms. The highest BCUT2D eigenvalue weighted by molar-refractivity contribution is 6.31. The van der Waals surface area contributed by atoms with Gasteiger partial charge in [-0.1, -0.05) is 29.8 Å². The molecule has 0 aliphatic carbocycles. The van der Waals surface area contributed by atoms with Gasteiger partial charge in [-0.3, -0.25) is 4.90 Å². The van der Waals surface area contributed by atoms with Gasteiger partial charge in [0.05, 0.1) is 18.7 Å². The van der Waals surface area contributed by atoms with Crippen LogP contribution in [-0.2, 0) is 9.53 Å². The molecule has 2 N–H and O–H groups in total. The standard InChI is InChI=1S/C18H22ClN3O3/c1-2-25-17(23)13-10-20-18(24)21-15(13)11-22-9-5-8-16(22)12-6-3-4-7-14(12)19/h3-4,6-7,16H,2,5,8-11H2,1H3,(H2,20,21,24)/t16-/m1/s1. The average Bonchev–Trinajstić information content (AvgIpc) is 3.03. The van der Waals surface area contributed by atoms with E-state index in [-0.39, 0.29) is 18.6 Å². The molecular weight excluding hydrogens is 342 g/mol. The SMILES string of the molecule is CCOC(=O)C1=C(CN2CCC[C@@H]2c2ccccc2Cl)NC(=O)NC1. The van der Waals surface area contributed by atoms with Crippen molar-refractivity contribution in [2.24, 2.45) is 0 Å². The molecule has 1 atom stereocenters.